The first-order valence-electron chi connectivity index (χ1n) is 10.2. The van der Waals surface area contributed by atoms with Crippen molar-refractivity contribution < 1.29 is 19.1 Å². The molecule has 0 aliphatic carbocycles. The fourth-order valence-electron chi connectivity index (χ4n) is 2.80. The van der Waals surface area contributed by atoms with Gasteiger partial charge in [0.25, 0.3) is 0 Å². The predicted octanol–water partition coefficient (Wildman–Crippen LogP) is 6.00. The van der Waals surface area contributed by atoms with Gasteiger partial charge in [0.1, 0.15) is 0 Å². The zero-order valence-corrected chi connectivity index (χ0v) is 16.6. The Labute approximate surface area is 158 Å². The number of hydrogen-bond donors (Lipinski definition) is 0. The van der Waals surface area contributed by atoms with Gasteiger partial charge in [0, 0.05) is 12.8 Å². The highest BCUT2D eigenvalue weighted by Gasteiger charge is 2.17. The molecule has 4 nitrogen and oxygen atoms in total. The summed E-state index contributed by atoms with van der Waals surface area (Å²) in [5.41, 5.74) is 0.937. The van der Waals surface area contributed by atoms with Crippen LogP contribution >= 0.6 is 0 Å². The Kier molecular flexibility index (Phi) is 11.4. The van der Waals surface area contributed by atoms with E-state index in [0.29, 0.717) is 24.3 Å². The number of rotatable bonds is 13. The highest BCUT2D eigenvalue weighted by Crippen LogP contribution is 2.33. The highest BCUT2D eigenvalue weighted by molar-refractivity contribution is 5.76. The Balaban J connectivity index is 2.82. The lowest BCUT2D eigenvalue weighted by Gasteiger charge is -2.14. The molecule has 0 atom stereocenters. The number of para-hydroxylation sites is 1. The summed E-state index contributed by atoms with van der Waals surface area (Å²) in [5, 5.41) is 0. The highest BCUT2D eigenvalue weighted by atomic mass is 16.6. The summed E-state index contributed by atoms with van der Waals surface area (Å²) >= 11 is 0. The minimum atomic E-state index is -0.294. The molecule has 0 N–H and O–H groups in total. The van der Waals surface area contributed by atoms with Gasteiger partial charge in [-0.2, -0.15) is 0 Å². The standard InChI is InChI=1S/C22H34O4/c1-4-7-8-9-10-11-15-18-16-12-17-19(25-20(23)13-5-2)22(18)26-21(24)14-6-3/h12,16-17H,4-11,13-15H2,1-3H3. The molecular formula is C22H34O4. The third-order valence-corrected chi connectivity index (χ3v) is 4.21. The maximum atomic E-state index is 12.0. The lowest BCUT2D eigenvalue weighted by Crippen LogP contribution is -2.13. The molecule has 0 aromatic heterocycles. The van der Waals surface area contributed by atoms with Gasteiger partial charge in [-0.1, -0.05) is 65.0 Å². The maximum Gasteiger partial charge on any atom is 0.311 e. The average Bonchev–Trinajstić information content (AvgIpc) is 2.60. The monoisotopic (exact) mass is 362 g/mol. The number of carbonyl (C=O) groups excluding carboxylic acids is 2. The first-order valence-corrected chi connectivity index (χ1v) is 10.2. The molecule has 1 aromatic carbocycles. The zero-order chi connectivity index (χ0) is 19.2. The Bertz CT molecular complexity index is 551. The Morgan fingerprint density at radius 2 is 1.38 bits per heavy atom. The third kappa shape index (κ3) is 8.50. The number of ether oxygens (including phenoxy) is 2. The second kappa shape index (κ2) is 13.4. The molecule has 0 bridgehead atoms. The van der Waals surface area contributed by atoms with E-state index in [0.717, 1.165) is 37.7 Å². The van der Waals surface area contributed by atoms with Crippen LogP contribution in [0.1, 0.15) is 90.5 Å². The molecule has 0 amide bonds. The van der Waals surface area contributed by atoms with E-state index < -0.39 is 0 Å². The molecule has 26 heavy (non-hydrogen) atoms. The van der Waals surface area contributed by atoms with Gasteiger partial charge in [0.05, 0.1) is 0 Å². The van der Waals surface area contributed by atoms with E-state index in [-0.39, 0.29) is 11.9 Å². The van der Waals surface area contributed by atoms with Gasteiger partial charge in [0.15, 0.2) is 11.5 Å². The Hall–Kier alpha value is -1.84. The molecule has 0 unspecified atom stereocenters. The summed E-state index contributed by atoms with van der Waals surface area (Å²) < 4.78 is 11.0. The molecule has 0 heterocycles. The van der Waals surface area contributed by atoms with Crippen molar-refractivity contribution in [2.45, 2.75) is 91.4 Å². The molecule has 0 saturated heterocycles. The third-order valence-electron chi connectivity index (χ3n) is 4.21. The van der Waals surface area contributed by atoms with Gasteiger partial charge in [0.2, 0.25) is 0 Å². The quantitative estimate of drug-likeness (QED) is 0.245. The van der Waals surface area contributed by atoms with Crippen LogP contribution in [0.25, 0.3) is 0 Å². The molecule has 146 valence electrons. The fourth-order valence-corrected chi connectivity index (χ4v) is 2.80. The maximum absolute atomic E-state index is 12.0. The van der Waals surface area contributed by atoms with Crippen LogP contribution in [0.15, 0.2) is 18.2 Å². The Morgan fingerprint density at radius 1 is 0.769 bits per heavy atom. The van der Waals surface area contributed by atoms with Gasteiger partial charge < -0.3 is 9.47 Å². The van der Waals surface area contributed by atoms with Crippen molar-refractivity contribution in [1.29, 1.82) is 0 Å². The van der Waals surface area contributed by atoms with Crippen molar-refractivity contribution in [1.82, 2.24) is 0 Å². The number of unbranched alkanes of at least 4 members (excludes halogenated alkanes) is 5. The van der Waals surface area contributed by atoms with Crippen LogP contribution in [-0.2, 0) is 16.0 Å². The lowest BCUT2D eigenvalue weighted by atomic mass is 10.0. The number of carbonyl (C=O) groups is 2. The van der Waals surface area contributed by atoms with Crippen molar-refractivity contribution in [2.24, 2.45) is 0 Å². The van der Waals surface area contributed by atoms with Crippen molar-refractivity contribution >= 4 is 11.9 Å². The molecule has 0 spiro atoms. The van der Waals surface area contributed by atoms with Gasteiger partial charge in [-0.3, -0.25) is 9.59 Å². The Morgan fingerprint density at radius 3 is 2.04 bits per heavy atom. The van der Waals surface area contributed by atoms with Crippen LogP contribution in [0.4, 0.5) is 0 Å². The summed E-state index contributed by atoms with van der Waals surface area (Å²) in [6.07, 6.45) is 10.2. The molecule has 1 rings (SSSR count). The number of esters is 2. The summed E-state index contributed by atoms with van der Waals surface area (Å²) in [6.45, 7) is 6.08. The van der Waals surface area contributed by atoms with Crippen molar-refractivity contribution in [3.05, 3.63) is 23.8 Å². The minimum absolute atomic E-state index is 0.282. The van der Waals surface area contributed by atoms with E-state index in [1.165, 1.54) is 25.7 Å². The zero-order valence-electron chi connectivity index (χ0n) is 16.6. The first kappa shape index (κ1) is 22.2. The van der Waals surface area contributed by atoms with Crippen LogP contribution in [-0.4, -0.2) is 11.9 Å². The first-order chi connectivity index (χ1) is 12.6. The van der Waals surface area contributed by atoms with E-state index in [9.17, 15) is 9.59 Å². The van der Waals surface area contributed by atoms with Crippen LogP contribution < -0.4 is 9.47 Å². The van der Waals surface area contributed by atoms with E-state index in [1.807, 2.05) is 26.0 Å². The molecule has 0 fully saturated rings. The van der Waals surface area contributed by atoms with E-state index in [1.54, 1.807) is 6.07 Å². The van der Waals surface area contributed by atoms with Gasteiger partial charge in [-0.05, 0) is 37.3 Å². The molecule has 1 aromatic rings. The predicted molar refractivity (Wildman–Crippen MR) is 105 cm³/mol. The van der Waals surface area contributed by atoms with Crippen molar-refractivity contribution in [3.8, 4) is 11.5 Å². The van der Waals surface area contributed by atoms with Gasteiger partial charge in [-0.25, -0.2) is 0 Å². The second-order valence-electron chi connectivity index (χ2n) is 6.71. The largest absolute Gasteiger partial charge is 0.423 e. The minimum Gasteiger partial charge on any atom is -0.423 e. The smallest absolute Gasteiger partial charge is 0.311 e. The van der Waals surface area contributed by atoms with E-state index in [4.69, 9.17) is 9.47 Å². The molecule has 0 saturated carbocycles. The van der Waals surface area contributed by atoms with E-state index >= 15 is 0 Å². The second-order valence-corrected chi connectivity index (χ2v) is 6.71. The SMILES string of the molecule is CCCCCCCCc1cccc(OC(=O)CCC)c1OC(=O)CCC. The summed E-state index contributed by atoms with van der Waals surface area (Å²) in [4.78, 5) is 23.9. The van der Waals surface area contributed by atoms with Gasteiger partial charge in [-0.15, -0.1) is 0 Å². The summed E-state index contributed by atoms with van der Waals surface area (Å²) in [7, 11) is 0. The topological polar surface area (TPSA) is 52.6 Å². The summed E-state index contributed by atoms with van der Waals surface area (Å²) in [5.74, 6) is 0.202. The van der Waals surface area contributed by atoms with Gasteiger partial charge >= 0.3 is 11.9 Å². The number of hydrogen-bond acceptors (Lipinski definition) is 4. The van der Waals surface area contributed by atoms with Crippen LogP contribution in [0, 0.1) is 0 Å². The lowest BCUT2D eigenvalue weighted by molar-refractivity contribution is -0.137. The van der Waals surface area contributed by atoms with Crippen LogP contribution in [0.2, 0.25) is 0 Å². The molecule has 0 radical (unpaired) electrons. The molecule has 4 heteroatoms. The normalized spacial score (nSPS) is 10.6. The van der Waals surface area contributed by atoms with Crippen LogP contribution in [0.5, 0.6) is 11.5 Å². The van der Waals surface area contributed by atoms with E-state index in [2.05, 4.69) is 6.92 Å². The number of benzene rings is 1. The fraction of sp³-hybridized carbons (Fsp3) is 0.636. The molecule has 0 aliphatic heterocycles. The van der Waals surface area contributed by atoms with Crippen molar-refractivity contribution in [3.63, 3.8) is 0 Å². The van der Waals surface area contributed by atoms with Crippen LogP contribution in [0.3, 0.4) is 0 Å². The average molecular weight is 363 g/mol. The molecular weight excluding hydrogens is 328 g/mol. The molecule has 0 aliphatic rings. The number of aryl methyl sites for hydroxylation is 1. The van der Waals surface area contributed by atoms with Crippen molar-refractivity contribution in [2.75, 3.05) is 0 Å². The summed E-state index contributed by atoms with van der Waals surface area (Å²) in [6, 6.07) is 5.52.